The lowest BCUT2D eigenvalue weighted by Gasteiger charge is -2.27. The molecular weight excluding hydrogens is 408 g/mol. The van der Waals surface area contributed by atoms with Crippen molar-refractivity contribution in [1.82, 2.24) is 4.31 Å². The first-order valence-electron chi connectivity index (χ1n) is 6.64. The van der Waals surface area contributed by atoms with Crippen molar-refractivity contribution in [1.29, 1.82) is 0 Å². The van der Waals surface area contributed by atoms with Crippen molar-refractivity contribution in [3.63, 3.8) is 0 Å². The van der Waals surface area contributed by atoms with Gasteiger partial charge in [-0.2, -0.15) is 4.31 Å². The average Bonchev–Trinajstić information content (AvgIpc) is 2.80. The third kappa shape index (κ3) is 3.05. The Morgan fingerprint density at radius 1 is 1.30 bits per heavy atom. The van der Waals surface area contributed by atoms with Gasteiger partial charge >= 0.3 is 0 Å². The summed E-state index contributed by atoms with van der Waals surface area (Å²) in [5, 5.41) is 0. The topological polar surface area (TPSA) is 63.4 Å². The second kappa shape index (κ2) is 6.34. The lowest BCUT2D eigenvalue weighted by atomic mass is 10.2. The molecule has 7 heteroatoms. The zero-order valence-electron chi connectivity index (χ0n) is 11.3. The summed E-state index contributed by atoms with van der Waals surface area (Å²) in [6, 6.07) is 3.44. The molecule has 20 heavy (non-hydrogen) atoms. The normalized spacial score (nSPS) is 17.0. The molecule has 0 amide bonds. The van der Waals surface area contributed by atoms with Crippen LogP contribution in [0.25, 0.3) is 0 Å². The molecule has 0 aromatic heterocycles. The molecule has 1 aromatic carbocycles. The van der Waals surface area contributed by atoms with Crippen LogP contribution >= 0.6 is 31.9 Å². The lowest BCUT2D eigenvalue weighted by Crippen LogP contribution is -2.39. The molecule has 1 aromatic rings. The number of nitrogen functional groups attached to an aromatic ring is 1. The smallest absolute Gasteiger partial charge is 0.246 e. The highest BCUT2D eigenvalue weighted by Gasteiger charge is 2.34. The molecule has 1 fully saturated rings. The molecule has 4 nitrogen and oxygen atoms in total. The Hall–Kier alpha value is -0.110. The molecular formula is C13H18Br2N2O2S. The highest BCUT2D eigenvalue weighted by Crippen LogP contribution is 2.36. The number of sulfonamides is 1. The Morgan fingerprint density at radius 3 is 2.40 bits per heavy atom. The van der Waals surface area contributed by atoms with Crippen molar-refractivity contribution in [3.05, 3.63) is 21.1 Å². The van der Waals surface area contributed by atoms with E-state index in [1.165, 1.54) is 0 Å². The molecule has 0 saturated heterocycles. The quantitative estimate of drug-likeness (QED) is 0.747. The molecule has 0 radical (unpaired) electrons. The van der Waals surface area contributed by atoms with Crippen LogP contribution in [0.4, 0.5) is 5.69 Å². The standard InChI is InChI=1S/C13H18Br2N2O2S/c1-2-17(10-5-3-4-6-10)20(18,19)13-11(15)7-9(14)8-12(13)16/h7-8,10H,2-6,16H2,1H3. The third-order valence-electron chi connectivity index (χ3n) is 3.65. The van der Waals surface area contributed by atoms with Crippen LogP contribution < -0.4 is 5.73 Å². The first-order chi connectivity index (χ1) is 9.37. The van der Waals surface area contributed by atoms with E-state index in [0.29, 0.717) is 11.0 Å². The zero-order chi connectivity index (χ0) is 14.9. The minimum atomic E-state index is -3.57. The van der Waals surface area contributed by atoms with Crippen molar-refractivity contribution < 1.29 is 8.42 Å². The van der Waals surface area contributed by atoms with Gasteiger partial charge in [0.05, 0.1) is 5.69 Å². The Labute approximate surface area is 137 Å². The molecule has 0 spiro atoms. The molecule has 2 rings (SSSR count). The fraction of sp³-hybridized carbons (Fsp3) is 0.538. The third-order valence-corrected chi connectivity index (χ3v) is 7.14. The maximum absolute atomic E-state index is 12.9. The fourth-order valence-corrected chi connectivity index (χ4v) is 6.50. The van der Waals surface area contributed by atoms with E-state index in [2.05, 4.69) is 31.9 Å². The van der Waals surface area contributed by atoms with E-state index in [1.807, 2.05) is 6.92 Å². The number of hydrogen-bond donors (Lipinski definition) is 1. The van der Waals surface area contributed by atoms with Crippen molar-refractivity contribution >= 4 is 47.6 Å². The van der Waals surface area contributed by atoms with Gasteiger partial charge in [-0.3, -0.25) is 0 Å². The average molecular weight is 426 g/mol. The van der Waals surface area contributed by atoms with Gasteiger partial charge in [-0.05, 0) is 40.9 Å². The zero-order valence-corrected chi connectivity index (χ0v) is 15.3. The van der Waals surface area contributed by atoms with Gasteiger partial charge in [-0.25, -0.2) is 8.42 Å². The maximum atomic E-state index is 12.9. The summed E-state index contributed by atoms with van der Waals surface area (Å²) < 4.78 is 28.7. The highest BCUT2D eigenvalue weighted by molar-refractivity contribution is 9.11. The number of hydrogen-bond acceptors (Lipinski definition) is 3. The SMILES string of the molecule is CCN(C1CCCC1)S(=O)(=O)c1c(N)cc(Br)cc1Br. The predicted octanol–water partition coefficient (Wildman–Crippen LogP) is 3.75. The molecule has 2 N–H and O–H groups in total. The summed E-state index contributed by atoms with van der Waals surface area (Å²) in [5.74, 6) is 0. The first-order valence-corrected chi connectivity index (χ1v) is 9.67. The van der Waals surface area contributed by atoms with Crippen LogP contribution in [0, 0.1) is 0 Å². The summed E-state index contributed by atoms with van der Waals surface area (Å²) in [4.78, 5) is 0.175. The van der Waals surface area contributed by atoms with E-state index in [1.54, 1.807) is 16.4 Å². The van der Waals surface area contributed by atoms with Gasteiger partial charge in [-0.1, -0.05) is 35.7 Å². The summed E-state index contributed by atoms with van der Waals surface area (Å²) >= 11 is 6.64. The van der Waals surface area contributed by atoms with Gasteiger partial charge in [-0.15, -0.1) is 0 Å². The van der Waals surface area contributed by atoms with Gasteiger partial charge in [0, 0.05) is 21.5 Å². The molecule has 0 atom stereocenters. The van der Waals surface area contributed by atoms with Gasteiger partial charge < -0.3 is 5.73 Å². The van der Waals surface area contributed by atoms with Crippen molar-refractivity contribution in [3.8, 4) is 0 Å². The number of nitrogens with zero attached hydrogens (tertiary/aromatic N) is 1. The van der Waals surface area contributed by atoms with Gasteiger partial charge in [0.1, 0.15) is 4.90 Å². The summed E-state index contributed by atoms with van der Waals surface area (Å²) in [6.45, 7) is 2.34. The minimum absolute atomic E-state index is 0.0972. The molecule has 1 saturated carbocycles. The van der Waals surface area contributed by atoms with Gasteiger partial charge in [0.25, 0.3) is 0 Å². The lowest BCUT2D eigenvalue weighted by molar-refractivity contribution is 0.335. The van der Waals surface area contributed by atoms with Crippen LogP contribution in [-0.4, -0.2) is 25.3 Å². The van der Waals surface area contributed by atoms with E-state index in [9.17, 15) is 8.42 Å². The monoisotopic (exact) mass is 424 g/mol. The summed E-state index contributed by atoms with van der Waals surface area (Å²) in [5.41, 5.74) is 6.20. The highest BCUT2D eigenvalue weighted by atomic mass is 79.9. The van der Waals surface area contributed by atoms with Crippen molar-refractivity contribution in [2.24, 2.45) is 0 Å². The number of halogens is 2. The van der Waals surface area contributed by atoms with E-state index in [-0.39, 0.29) is 16.6 Å². The molecule has 1 aliphatic carbocycles. The van der Waals surface area contributed by atoms with E-state index < -0.39 is 10.0 Å². The van der Waals surface area contributed by atoms with E-state index >= 15 is 0 Å². The number of nitrogens with two attached hydrogens (primary N) is 1. The number of anilines is 1. The van der Waals surface area contributed by atoms with Crippen LogP contribution in [0.15, 0.2) is 26.0 Å². The van der Waals surface area contributed by atoms with Crippen LogP contribution in [-0.2, 0) is 10.0 Å². The summed E-state index contributed by atoms with van der Waals surface area (Å²) in [6.07, 6.45) is 4.05. The number of benzene rings is 1. The Kier molecular flexibility index (Phi) is 5.15. The molecule has 0 bridgehead atoms. The Balaban J connectivity index is 2.48. The Morgan fingerprint density at radius 2 is 1.90 bits per heavy atom. The molecule has 0 aliphatic heterocycles. The largest absolute Gasteiger partial charge is 0.398 e. The van der Waals surface area contributed by atoms with Crippen LogP contribution in [0.5, 0.6) is 0 Å². The second-order valence-electron chi connectivity index (χ2n) is 4.95. The second-order valence-corrected chi connectivity index (χ2v) is 8.55. The maximum Gasteiger partial charge on any atom is 0.246 e. The van der Waals surface area contributed by atoms with Gasteiger partial charge in [0.15, 0.2) is 0 Å². The van der Waals surface area contributed by atoms with E-state index in [4.69, 9.17) is 5.73 Å². The van der Waals surface area contributed by atoms with E-state index in [0.717, 1.165) is 30.2 Å². The minimum Gasteiger partial charge on any atom is -0.398 e. The molecule has 0 heterocycles. The fourth-order valence-electron chi connectivity index (χ4n) is 2.79. The first kappa shape index (κ1) is 16.3. The summed E-state index contributed by atoms with van der Waals surface area (Å²) in [7, 11) is -3.57. The molecule has 0 unspecified atom stereocenters. The van der Waals surface area contributed by atoms with Crippen molar-refractivity contribution in [2.45, 2.75) is 43.5 Å². The van der Waals surface area contributed by atoms with Crippen LogP contribution in [0.2, 0.25) is 0 Å². The molecule has 112 valence electrons. The Bertz CT molecular complexity index is 575. The van der Waals surface area contributed by atoms with Gasteiger partial charge in [0.2, 0.25) is 10.0 Å². The van der Waals surface area contributed by atoms with Crippen molar-refractivity contribution in [2.75, 3.05) is 12.3 Å². The van der Waals surface area contributed by atoms with Crippen LogP contribution in [0.3, 0.4) is 0 Å². The molecule has 1 aliphatic rings. The van der Waals surface area contributed by atoms with Crippen LogP contribution in [0.1, 0.15) is 32.6 Å². The number of rotatable bonds is 4. The predicted molar refractivity (Wildman–Crippen MR) is 88.1 cm³/mol.